The maximum atomic E-state index is 13.3. The molecule has 0 aliphatic carbocycles. The molecule has 0 radical (unpaired) electrons. The van der Waals surface area contributed by atoms with E-state index in [0.717, 1.165) is 10.7 Å². The number of likely N-dealkylation sites (tertiary alicyclic amines) is 2. The van der Waals surface area contributed by atoms with E-state index in [1.807, 2.05) is 17.2 Å². The van der Waals surface area contributed by atoms with Crippen LogP contribution in [0.4, 0.5) is 8.78 Å². The quantitative estimate of drug-likeness (QED) is 0.897. The van der Waals surface area contributed by atoms with E-state index in [4.69, 9.17) is 0 Å². The van der Waals surface area contributed by atoms with Gasteiger partial charge in [-0.1, -0.05) is 0 Å². The zero-order valence-electron chi connectivity index (χ0n) is 13.0. The molecular formula is C15H21F2N3O2S. The van der Waals surface area contributed by atoms with E-state index in [-0.39, 0.29) is 50.8 Å². The first-order valence-electron chi connectivity index (χ1n) is 7.83. The van der Waals surface area contributed by atoms with Crippen LogP contribution in [0.5, 0.6) is 0 Å². The average Bonchev–Trinajstić information content (AvgIpc) is 3.05. The summed E-state index contributed by atoms with van der Waals surface area (Å²) in [4.78, 5) is 20.1. The fourth-order valence-corrected chi connectivity index (χ4v) is 3.88. The van der Waals surface area contributed by atoms with Gasteiger partial charge in [0.2, 0.25) is 5.91 Å². The van der Waals surface area contributed by atoms with Gasteiger partial charge in [-0.15, -0.1) is 11.3 Å². The maximum Gasteiger partial charge on any atom is 0.250 e. The van der Waals surface area contributed by atoms with E-state index in [1.165, 1.54) is 11.3 Å². The molecule has 1 aromatic heterocycles. The number of aryl methyl sites for hydroxylation is 1. The van der Waals surface area contributed by atoms with E-state index in [9.17, 15) is 18.7 Å². The maximum absolute atomic E-state index is 13.3. The molecule has 5 nitrogen and oxygen atoms in total. The minimum atomic E-state index is -2.60. The Morgan fingerprint density at radius 2 is 2.13 bits per heavy atom. The minimum absolute atomic E-state index is 0.0702. The van der Waals surface area contributed by atoms with Gasteiger partial charge in [-0.2, -0.15) is 0 Å². The second-order valence-electron chi connectivity index (χ2n) is 6.36. The molecular weight excluding hydrogens is 324 g/mol. The monoisotopic (exact) mass is 345 g/mol. The van der Waals surface area contributed by atoms with Crippen molar-refractivity contribution in [1.82, 2.24) is 14.8 Å². The Labute approximate surface area is 137 Å². The van der Waals surface area contributed by atoms with Gasteiger partial charge in [-0.3, -0.25) is 9.69 Å². The lowest BCUT2D eigenvalue weighted by Gasteiger charge is -2.36. The average molecular weight is 345 g/mol. The van der Waals surface area contributed by atoms with E-state index >= 15 is 0 Å². The number of aliphatic hydroxyl groups is 1. The van der Waals surface area contributed by atoms with Gasteiger partial charge >= 0.3 is 0 Å². The zero-order chi connectivity index (χ0) is 16.6. The highest BCUT2D eigenvalue weighted by molar-refractivity contribution is 7.09. The lowest BCUT2D eigenvalue weighted by Crippen LogP contribution is -2.49. The number of β-amino-alcohol motifs (C(OH)–C–C–N with tert-alkyl or cyclic N) is 1. The number of aromatic nitrogens is 1. The van der Waals surface area contributed by atoms with Crippen LogP contribution in [0.2, 0.25) is 0 Å². The number of piperidine rings is 1. The molecule has 0 saturated carbocycles. The van der Waals surface area contributed by atoms with Crippen molar-refractivity contribution in [3.8, 4) is 0 Å². The lowest BCUT2D eigenvalue weighted by molar-refractivity contribution is -0.130. The fourth-order valence-electron chi connectivity index (χ4n) is 3.27. The molecule has 2 aliphatic heterocycles. The van der Waals surface area contributed by atoms with Crippen LogP contribution in [-0.4, -0.2) is 70.0 Å². The van der Waals surface area contributed by atoms with Crippen LogP contribution in [0.25, 0.3) is 0 Å². The van der Waals surface area contributed by atoms with Crippen LogP contribution in [0.3, 0.4) is 0 Å². The number of nitrogens with zero attached hydrogens (tertiary/aromatic N) is 3. The van der Waals surface area contributed by atoms with Crippen LogP contribution in [0.1, 0.15) is 23.5 Å². The summed E-state index contributed by atoms with van der Waals surface area (Å²) in [6.07, 6.45) is -0.810. The van der Waals surface area contributed by atoms with Crippen molar-refractivity contribution in [1.29, 1.82) is 0 Å². The van der Waals surface area contributed by atoms with Crippen LogP contribution in [-0.2, 0) is 11.2 Å². The Bertz CT molecular complexity index is 571. The molecule has 2 saturated heterocycles. The third-order valence-electron chi connectivity index (χ3n) is 4.61. The molecule has 2 aliphatic rings. The number of alkyl halides is 2. The molecule has 2 atom stereocenters. The number of carbonyl (C=O) groups is 1. The van der Waals surface area contributed by atoms with Crippen molar-refractivity contribution in [2.45, 2.75) is 44.3 Å². The molecule has 128 valence electrons. The molecule has 0 spiro atoms. The molecule has 1 N–H and O–H groups in total. The summed E-state index contributed by atoms with van der Waals surface area (Å²) in [5, 5.41) is 13.0. The molecule has 8 heteroatoms. The third kappa shape index (κ3) is 3.87. The number of hydrogen-bond donors (Lipinski definition) is 1. The second-order valence-corrected chi connectivity index (χ2v) is 7.42. The SMILES string of the molecule is Cc1nc(CC(=O)N2C[C@@H](O)[C@H](N3CCC(F)(F)CC3)C2)cs1. The standard InChI is InChI=1S/C15H21F2N3O2S/c1-10-18-11(9-23-10)6-14(22)20-7-12(13(21)8-20)19-4-2-15(16,17)3-5-19/h9,12-13,21H,2-8H2,1H3/t12-,13-/m1/s1. The summed E-state index contributed by atoms with van der Waals surface area (Å²) in [5.74, 6) is -2.67. The van der Waals surface area contributed by atoms with Crippen LogP contribution in [0.15, 0.2) is 5.38 Å². The topological polar surface area (TPSA) is 56.7 Å². The molecule has 3 heterocycles. The number of aliphatic hydroxyl groups excluding tert-OH is 1. The highest BCUT2D eigenvalue weighted by Gasteiger charge is 2.42. The molecule has 23 heavy (non-hydrogen) atoms. The van der Waals surface area contributed by atoms with Gasteiger partial charge in [0.15, 0.2) is 0 Å². The molecule has 3 rings (SSSR count). The molecule has 2 fully saturated rings. The van der Waals surface area contributed by atoms with Crippen molar-refractivity contribution in [3.63, 3.8) is 0 Å². The Morgan fingerprint density at radius 3 is 2.74 bits per heavy atom. The van der Waals surface area contributed by atoms with E-state index in [1.54, 1.807) is 4.90 Å². The number of carbonyl (C=O) groups excluding carboxylic acids is 1. The van der Waals surface area contributed by atoms with Crippen molar-refractivity contribution >= 4 is 17.2 Å². The number of halogens is 2. The smallest absolute Gasteiger partial charge is 0.250 e. The third-order valence-corrected chi connectivity index (χ3v) is 5.43. The van der Waals surface area contributed by atoms with Crippen LogP contribution < -0.4 is 0 Å². The van der Waals surface area contributed by atoms with Crippen LogP contribution >= 0.6 is 11.3 Å². The van der Waals surface area contributed by atoms with Gasteiger partial charge in [-0.25, -0.2) is 13.8 Å². The van der Waals surface area contributed by atoms with Gasteiger partial charge < -0.3 is 10.0 Å². The predicted molar refractivity (Wildman–Crippen MR) is 82.7 cm³/mol. The van der Waals surface area contributed by atoms with Crippen molar-refractivity contribution in [2.75, 3.05) is 26.2 Å². The van der Waals surface area contributed by atoms with Gasteiger partial charge in [0.1, 0.15) is 0 Å². The largest absolute Gasteiger partial charge is 0.390 e. The summed E-state index contributed by atoms with van der Waals surface area (Å²) in [6, 6.07) is -0.243. The number of thiazole rings is 1. The molecule has 0 unspecified atom stereocenters. The second kappa shape index (κ2) is 6.41. The summed E-state index contributed by atoms with van der Waals surface area (Å²) in [5.41, 5.74) is 0.744. The van der Waals surface area contributed by atoms with Crippen molar-refractivity contribution in [2.24, 2.45) is 0 Å². The number of amides is 1. The molecule has 0 aromatic carbocycles. The first-order chi connectivity index (χ1) is 10.8. The Kier molecular flexibility index (Phi) is 4.66. The van der Waals surface area contributed by atoms with Crippen LogP contribution in [0, 0.1) is 6.92 Å². The Morgan fingerprint density at radius 1 is 1.43 bits per heavy atom. The highest BCUT2D eigenvalue weighted by atomic mass is 32.1. The first-order valence-corrected chi connectivity index (χ1v) is 8.71. The zero-order valence-corrected chi connectivity index (χ0v) is 13.9. The van der Waals surface area contributed by atoms with Gasteiger partial charge in [0.25, 0.3) is 5.92 Å². The molecule has 1 aromatic rings. The predicted octanol–water partition coefficient (Wildman–Crippen LogP) is 1.30. The summed E-state index contributed by atoms with van der Waals surface area (Å²) >= 11 is 1.50. The fraction of sp³-hybridized carbons (Fsp3) is 0.733. The van der Waals surface area contributed by atoms with E-state index < -0.39 is 12.0 Å². The van der Waals surface area contributed by atoms with Crippen molar-refractivity contribution in [3.05, 3.63) is 16.1 Å². The summed E-state index contributed by atoms with van der Waals surface area (Å²) in [7, 11) is 0. The van der Waals surface area contributed by atoms with Gasteiger partial charge in [0, 0.05) is 44.4 Å². The Hall–Kier alpha value is -1.12. The first kappa shape index (κ1) is 16.7. The molecule has 1 amide bonds. The summed E-state index contributed by atoms with van der Waals surface area (Å²) < 4.78 is 26.5. The lowest BCUT2D eigenvalue weighted by atomic mass is 10.0. The van der Waals surface area contributed by atoms with E-state index in [2.05, 4.69) is 4.98 Å². The van der Waals surface area contributed by atoms with Gasteiger partial charge in [-0.05, 0) is 6.92 Å². The number of rotatable bonds is 3. The van der Waals surface area contributed by atoms with Crippen molar-refractivity contribution < 1.29 is 18.7 Å². The van der Waals surface area contributed by atoms with E-state index in [0.29, 0.717) is 6.54 Å². The number of hydrogen-bond acceptors (Lipinski definition) is 5. The summed E-state index contributed by atoms with van der Waals surface area (Å²) in [6.45, 7) is 3.08. The minimum Gasteiger partial charge on any atom is -0.390 e. The highest BCUT2D eigenvalue weighted by Crippen LogP contribution is 2.30. The van der Waals surface area contributed by atoms with Gasteiger partial charge in [0.05, 0.1) is 29.3 Å². The normalized spacial score (nSPS) is 28.3. The Balaban J connectivity index is 1.56. The molecule has 0 bridgehead atoms.